The van der Waals surface area contributed by atoms with Gasteiger partial charge in [0, 0.05) is 13.0 Å². The van der Waals surface area contributed by atoms with Crippen LogP contribution in [-0.4, -0.2) is 59.4 Å². The van der Waals surface area contributed by atoms with E-state index in [-0.39, 0.29) is 16.3 Å². The van der Waals surface area contributed by atoms with Crippen LogP contribution in [0.1, 0.15) is 90.3 Å². The summed E-state index contributed by atoms with van der Waals surface area (Å²) in [6.07, 6.45) is 11.5. The average Bonchev–Trinajstić information content (AvgIpc) is 3.14. The van der Waals surface area contributed by atoms with Crippen molar-refractivity contribution in [3.63, 3.8) is 0 Å². The molecule has 204 valence electrons. The number of carbonyl (C=O) groups excluding carboxylic acids is 1. The van der Waals surface area contributed by atoms with Crippen LogP contribution in [0.2, 0.25) is 5.28 Å². The summed E-state index contributed by atoms with van der Waals surface area (Å²) in [6, 6.07) is 0. The van der Waals surface area contributed by atoms with Gasteiger partial charge < -0.3 is 14.6 Å². The fraction of sp³-hybridized carbons (Fsp3) is 0.760. The molecule has 0 fully saturated rings. The van der Waals surface area contributed by atoms with Crippen molar-refractivity contribution in [2.75, 3.05) is 20.2 Å². The molecule has 0 atom stereocenters. The van der Waals surface area contributed by atoms with Crippen LogP contribution in [0.5, 0.6) is 0 Å². The zero-order valence-corrected chi connectivity index (χ0v) is 23.8. The third kappa shape index (κ3) is 9.27. The van der Waals surface area contributed by atoms with E-state index in [1.54, 1.807) is 13.8 Å². The molecule has 0 radical (unpaired) electrons. The number of carbonyl (C=O) groups is 1. The van der Waals surface area contributed by atoms with E-state index < -0.39 is 15.1 Å². The summed E-state index contributed by atoms with van der Waals surface area (Å²) in [6.45, 7) is 7.87. The minimum Gasteiger partial charge on any atom is -0.469 e. The fourth-order valence-corrected chi connectivity index (χ4v) is 5.46. The molecule has 0 amide bonds. The molecular formula is C25H42ClN5O4S. The summed E-state index contributed by atoms with van der Waals surface area (Å²) < 4.78 is 32.3. The van der Waals surface area contributed by atoms with Gasteiger partial charge in [0.2, 0.25) is 5.28 Å². The number of ether oxygens (including phenoxy) is 1. The Hall–Kier alpha value is -1.78. The lowest BCUT2D eigenvalue weighted by Crippen LogP contribution is -2.18. The third-order valence-electron chi connectivity index (χ3n) is 6.32. The van der Waals surface area contributed by atoms with E-state index in [4.69, 9.17) is 11.6 Å². The number of aryl methyl sites for hydroxylation is 2. The number of aromatic nitrogens is 4. The Morgan fingerprint density at radius 2 is 1.53 bits per heavy atom. The number of nitrogens with zero attached hydrogens (tertiary/aromatic N) is 4. The van der Waals surface area contributed by atoms with Crippen LogP contribution in [0, 0.1) is 6.92 Å². The van der Waals surface area contributed by atoms with Crippen LogP contribution in [0.15, 0.2) is 5.03 Å². The summed E-state index contributed by atoms with van der Waals surface area (Å²) in [5.74, 6) is 0.598. The van der Waals surface area contributed by atoms with Crippen molar-refractivity contribution in [1.29, 1.82) is 0 Å². The van der Waals surface area contributed by atoms with Crippen LogP contribution < -0.4 is 5.32 Å². The molecule has 36 heavy (non-hydrogen) atoms. The van der Waals surface area contributed by atoms with Crippen LogP contribution in [-0.2, 0) is 25.9 Å². The van der Waals surface area contributed by atoms with Gasteiger partial charge in [-0.1, -0.05) is 38.5 Å². The van der Waals surface area contributed by atoms with Gasteiger partial charge in [-0.3, -0.25) is 4.79 Å². The van der Waals surface area contributed by atoms with E-state index in [9.17, 15) is 13.2 Å². The van der Waals surface area contributed by atoms with Gasteiger partial charge in [0.1, 0.15) is 11.3 Å². The lowest BCUT2D eigenvalue weighted by Gasteiger charge is -2.12. The van der Waals surface area contributed by atoms with Gasteiger partial charge in [-0.25, -0.2) is 18.4 Å². The first kappa shape index (κ1) is 30.4. The molecule has 2 heterocycles. The number of hydrogen-bond donors (Lipinski definition) is 1. The highest BCUT2D eigenvalue weighted by Gasteiger charge is 2.28. The minimum absolute atomic E-state index is 0.0261. The molecule has 0 aromatic carbocycles. The first-order valence-electron chi connectivity index (χ1n) is 13.1. The molecule has 0 aliphatic carbocycles. The second-order valence-electron chi connectivity index (χ2n) is 9.49. The van der Waals surface area contributed by atoms with Gasteiger partial charge in [-0.2, -0.15) is 4.98 Å². The monoisotopic (exact) mass is 543 g/mol. The number of esters is 1. The molecule has 0 unspecified atom stereocenters. The van der Waals surface area contributed by atoms with Gasteiger partial charge in [-0.05, 0) is 71.1 Å². The molecule has 0 spiro atoms. The third-order valence-corrected chi connectivity index (χ3v) is 8.56. The van der Waals surface area contributed by atoms with Crippen molar-refractivity contribution >= 4 is 38.6 Å². The van der Waals surface area contributed by atoms with Crippen molar-refractivity contribution in [2.45, 2.75) is 108 Å². The summed E-state index contributed by atoms with van der Waals surface area (Å²) >= 11 is 6.00. The number of imidazole rings is 1. The molecule has 1 N–H and O–H groups in total. The molecule has 9 nitrogen and oxygen atoms in total. The number of fused-ring (bicyclic) bond motifs is 1. The quantitative estimate of drug-likeness (QED) is 0.120. The van der Waals surface area contributed by atoms with Crippen LogP contribution >= 0.6 is 11.6 Å². The van der Waals surface area contributed by atoms with E-state index in [1.807, 2.05) is 11.5 Å². The number of unbranched alkanes of at least 4 members (excludes halogenated alkanes) is 8. The smallest absolute Gasteiger partial charge is 0.305 e. The minimum atomic E-state index is -3.62. The second kappa shape index (κ2) is 15.5. The standard InChI is InChI=1S/C25H42ClN5O4S/c1-19(2)36(33,34)24-22-23(29-25(26)30-24)28-20(3)31(22)18-14-10-6-5-8-12-16-27-17-13-9-7-11-15-21(32)35-4/h19,27H,5-18H2,1-4H3. The van der Waals surface area contributed by atoms with E-state index >= 15 is 0 Å². The summed E-state index contributed by atoms with van der Waals surface area (Å²) in [4.78, 5) is 23.7. The Morgan fingerprint density at radius 1 is 0.944 bits per heavy atom. The average molecular weight is 544 g/mol. The molecule has 0 saturated carbocycles. The molecular weight excluding hydrogens is 502 g/mol. The Balaban J connectivity index is 1.65. The molecule has 0 aliphatic rings. The van der Waals surface area contributed by atoms with Crippen molar-refractivity contribution in [3.05, 3.63) is 11.1 Å². The number of hydrogen-bond acceptors (Lipinski definition) is 8. The Morgan fingerprint density at radius 3 is 2.14 bits per heavy atom. The molecule has 0 saturated heterocycles. The van der Waals surface area contributed by atoms with Gasteiger partial charge in [-0.15, -0.1) is 0 Å². The van der Waals surface area contributed by atoms with E-state index in [0.29, 0.717) is 24.1 Å². The normalized spacial score (nSPS) is 12.1. The number of methoxy groups -OCH3 is 1. The number of nitrogens with one attached hydrogen (secondary N) is 1. The molecule has 0 bridgehead atoms. The van der Waals surface area contributed by atoms with E-state index in [0.717, 1.165) is 63.9 Å². The van der Waals surface area contributed by atoms with Crippen LogP contribution in [0.25, 0.3) is 11.2 Å². The largest absolute Gasteiger partial charge is 0.469 e. The first-order valence-corrected chi connectivity index (χ1v) is 15.0. The highest BCUT2D eigenvalue weighted by atomic mass is 35.5. The zero-order valence-electron chi connectivity index (χ0n) is 22.2. The number of halogens is 1. The Labute approximate surface area is 220 Å². The maximum absolute atomic E-state index is 12.9. The van der Waals surface area contributed by atoms with E-state index in [1.165, 1.54) is 26.4 Å². The van der Waals surface area contributed by atoms with Crippen molar-refractivity contribution in [2.24, 2.45) is 0 Å². The fourth-order valence-electron chi connectivity index (χ4n) is 4.11. The lowest BCUT2D eigenvalue weighted by atomic mass is 10.1. The summed E-state index contributed by atoms with van der Waals surface area (Å²) in [5, 5.41) is 2.76. The lowest BCUT2D eigenvalue weighted by molar-refractivity contribution is -0.140. The Bertz CT molecular complexity index is 1070. The summed E-state index contributed by atoms with van der Waals surface area (Å²) in [5.41, 5.74) is 0.792. The van der Waals surface area contributed by atoms with Gasteiger partial charge in [0.05, 0.1) is 12.4 Å². The van der Waals surface area contributed by atoms with Gasteiger partial charge in [0.15, 0.2) is 20.5 Å². The van der Waals surface area contributed by atoms with Gasteiger partial charge in [0.25, 0.3) is 0 Å². The highest BCUT2D eigenvalue weighted by molar-refractivity contribution is 7.92. The SMILES string of the molecule is COC(=O)CCCCCCNCCCCCCCCn1c(C)nc2nc(Cl)nc(S(=O)(=O)C(C)C)c21. The predicted molar refractivity (Wildman–Crippen MR) is 143 cm³/mol. The van der Waals surface area contributed by atoms with Gasteiger partial charge >= 0.3 is 5.97 Å². The van der Waals surface area contributed by atoms with Crippen molar-refractivity contribution in [1.82, 2.24) is 24.8 Å². The molecule has 2 aromatic rings. The number of rotatable bonds is 18. The maximum Gasteiger partial charge on any atom is 0.305 e. The van der Waals surface area contributed by atoms with Crippen molar-refractivity contribution in [3.8, 4) is 0 Å². The first-order chi connectivity index (χ1) is 17.2. The van der Waals surface area contributed by atoms with Crippen molar-refractivity contribution < 1.29 is 17.9 Å². The zero-order chi connectivity index (χ0) is 26.6. The molecule has 11 heteroatoms. The van der Waals surface area contributed by atoms with E-state index in [2.05, 4.69) is 25.0 Å². The van der Waals surface area contributed by atoms with Crippen LogP contribution in [0.4, 0.5) is 0 Å². The highest BCUT2D eigenvalue weighted by Crippen LogP contribution is 2.26. The molecule has 2 rings (SSSR count). The Kier molecular flexibility index (Phi) is 13.1. The topological polar surface area (TPSA) is 116 Å². The molecule has 0 aliphatic heterocycles. The second-order valence-corrected chi connectivity index (χ2v) is 12.2. The molecule has 2 aromatic heterocycles. The summed E-state index contributed by atoms with van der Waals surface area (Å²) in [7, 11) is -2.18. The maximum atomic E-state index is 12.9. The predicted octanol–water partition coefficient (Wildman–Crippen LogP) is 5.02. The van der Waals surface area contributed by atoms with Crippen LogP contribution in [0.3, 0.4) is 0 Å². The number of sulfone groups is 1.